The van der Waals surface area contributed by atoms with Gasteiger partial charge in [-0.2, -0.15) is 13.2 Å². The van der Waals surface area contributed by atoms with Crippen molar-refractivity contribution in [3.63, 3.8) is 0 Å². The first-order valence-electron chi connectivity index (χ1n) is 3.12. The molecule has 0 spiro atoms. The molecule has 0 radical (unpaired) electrons. The van der Waals surface area contributed by atoms with Crippen LogP contribution in [0, 0.1) is 0 Å². The van der Waals surface area contributed by atoms with Crippen LogP contribution in [0.4, 0.5) is 13.2 Å². The van der Waals surface area contributed by atoms with Crippen LogP contribution < -0.4 is 0 Å². The minimum atomic E-state index is -4.36. The standard InChI is InChI=1S/C7H5BrF3N.BrH/c8-4-5-2-1-3-12-6(5)7(9,10)11;/h1-3H,4H2;1H. The lowest BCUT2D eigenvalue weighted by molar-refractivity contribution is -0.141. The quantitative estimate of drug-likeness (QED) is 0.721. The number of hydrogen-bond donors (Lipinski definition) is 0. The molecule has 1 nitrogen and oxygen atoms in total. The average Bonchev–Trinajstić information content (AvgIpc) is 2.03. The van der Waals surface area contributed by atoms with E-state index in [1.165, 1.54) is 12.1 Å². The molecule has 0 amide bonds. The predicted molar refractivity (Wildman–Crippen MR) is 52.2 cm³/mol. The van der Waals surface area contributed by atoms with Gasteiger partial charge in [-0.05, 0) is 11.6 Å². The predicted octanol–water partition coefficient (Wildman–Crippen LogP) is 3.57. The Morgan fingerprint density at radius 2 is 2.00 bits per heavy atom. The Morgan fingerprint density at radius 3 is 2.38 bits per heavy atom. The molecule has 74 valence electrons. The summed E-state index contributed by atoms with van der Waals surface area (Å²) in [6.45, 7) is 0. The molecule has 0 fully saturated rings. The number of rotatable bonds is 1. The van der Waals surface area contributed by atoms with Gasteiger partial charge in [0.1, 0.15) is 5.69 Å². The normalized spacial score (nSPS) is 10.8. The third-order valence-electron chi connectivity index (χ3n) is 1.30. The lowest BCUT2D eigenvalue weighted by atomic mass is 10.2. The summed E-state index contributed by atoms with van der Waals surface area (Å²) >= 11 is 2.96. The van der Waals surface area contributed by atoms with E-state index in [0.717, 1.165) is 6.20 Å². The molecule has 13 heavy (non-hydrogen) atoms. The van der Waals surface area contributed by atoms with E-state index in [2.05, 4.69) is 20.9 Å². The Balaban J connectivity index is 0.00000144. The van der Waals surface area contributed by atoms with Crippen LogP contribution in [0.3, 0.4) is 0 Å². The van der Waals surface area contributed by atoms with Crippen molar-refractivity contribution in [2.45, 2.75) is 11.5 Å². The fourth-order valence-electron chi connectivity index (χ4n) is 0.802. The minimum absolute atomic E-state index is 0. The van der Waals surface area contributed by atoms with Crippen LogP contribution in [0.25, 0.3) is 0 Å². The van der Waals surface area contributed by atoms with Crippen molar-refractivity contribution in [2.75, 3.05) is 0 Å². The first-order chi connectivity index (χ1) is 5.55. The molecule has 1 heterocycles. The van der Waals surface area contributed by atoms with Crippen LogP contribution in [0.2, 0.25) is 0 Å². The molecular formula is C7H6Br2F3N. The highest BCUT2D eigenvalue weighted by atomic mass is 79.9. The highest BCUT2D eigenvalue weighted by molar-refractivity contribution is 9.08. The van der Waals surface area contributed by atoms with Gasteiger partial charge in [0.25, 0.3) is 0 Å². The van der Waals surface area contributed by atoms with E-state index in [-0.39, 0.29) is 27.9 Å². The summed E-state index contributed by atoms with van der Waals surface area (Å²) in [7, 11) is 0. The molecular weight excluding hydrogens is 315 g/mol. The van der Waals surface area contributed by atoms with Crippen molar-refractivity contribution < 1.29 is 13.2 Å². The maximum absolute atomic E-state index is 12.2. The third-order valence-corrected chi connectivity index (χ3v) is 1.91. The fraction of sp³-hybridized carbons (Fsp3) is 0.286. The van der Waals surface area contributed by atoms with Gasteiger partial charge in [-0.15, -0.1) is 17.0 Å². The monoisotopic (exact) mass is 319 g/mol. The van der Waals surface area contributed by atoms with Gasteiger partial charge in [0.05, 0.1) is 0 Å². The van der Waals surface area contributed by atoms with E-state index >= 15 is 0 Å². The number of alkyl halides is 4. The molecule has 1 aromatic rings. The Bertz CT molecular complexity index is 275. The topological polar surface area (TPSA) is 12.9 Å². The average molecular weight is 321 g/mol. The number of pyridine rings is 1. The van der Waals surface area contributed by atoms with Crippen LogP contribution in [0.15, 0.2) is 18.3 Å². The zero-order chi connectivity index (χ0) is 9.19. The minimum Gasteiger partial charge on any atom is -0.251 e. The highest BCUT2D eigenvalue weighted by Gasteiger charge is 2.34. The number of nitrogens with zero attached hydrogens (tertiary/aromatic N) is 1. The fourth-order valence-corrected chi connectivity index (χ4v) is 1.25. The van der Waals surface area contributed by atoms with Crippen LogP contribution in [0.5, 0.6) is 0 Å². The van der Waals surface area contributed by atoms with E-state index < -0.39 is 11.9 Å². The molecule has 0 aromatic carbocycles. The molecule has 0 aliphatic rings. The molecule has 0 saturated carbocycles. The van der Waals surface area contributed by atoms with Gasteiger partial charge in [0.2, 0.25) is 0 Å². The summed E-state index contributed by atoms with van der Waals surface area (Å²) in [5.41, 5.74) is -0.660. The molecule has 0 saturated heterocycles. The van der Waals surface area contributed by atoms with E-state index in [0.29, 0.717) is 0 Å². The van der Waals surface area contributed by atoms with Crippen molar-refractivity contribution in [1.82, 2.24) is 4.98 Å². The second kappa shape index (κ2) is 4.95. The van der Waals surface area contributed by atoms with Crippen molar-refractivity contribution in [1.29, 1.82) is 0 Å². The van der Waals surface area contributed by atoms with Gasteiger partial charge >= 0.3 is 6.18 Å². The summed E-state index contributed by atoms with van der Waals surface area (Å²) in [5, 5.41) is 0.162. The van der Waals surface area contributed by atoms with E-state index in [4.69, 9.17) is 0 Å². The number of aromatic nitrogens is 1. The summed E-state index contributed by atoms with van der Waals surface area (Å²) in [6, 6.07) is 2.87. The van der Waals surface area contributed by atoms with Gasteiger partial charge < -0.3 is 0 Å². The second-order valence-corrected chi connectivity index (χ2v) is 2.70. The van der Waals surface area contributed by atoms with Crippen LogP contribution in [-0.4, -0.2) is 4.98 Å². The zero-order valence-corrected chi connectivity index (χ0v) is 9.61. The molecule has 0 aliphatic heterocycles. The van der Waals surface area contributed by atoms with E-state index in [1.807, 2.05) is 0 Å². The molecule has 0 bridgehead atoms. The maximum Gasteiger partial charge on any atom is 0.433 e. The molecule has 6 heteroatoms. The van der Waals surface area contributed by atoms with Gasteiger partial charge in [-0.3, -0.25) is 4.98 Å². The van der Waals surface area contributed by atoms with Gasteiger partial charge in [-0.25, -0.2) is 0 Å². The smallest absolute Gasteiger partial charge is 0.251 e. The zero-order valence-electron chi connectivity index (χ0n) is 6.31. The van der Waals surface area contributed by atoms with Crippen molar-refractivity contribution in [3.05, 3.63) is 29.6 Å². The second-order valence-electron chi connectivity index (χ2n) is 2.14. The SMILES string of the molecule is Br.FC(F)(F)c1ncccc1CBr. The lowest BCUT2D eigenvalue weighted by Gasteiger charge is -2.08. The van der Waals surface area contributed by atoms with Crippen molar-refractivity contribution in [2.24, 2.45) is 0 Å². The molecule has 0 atom stereocenters. The van der Waals surface area contributed by atoms with Crippen LogP contribution in [-0.2, 0) is 11.5 Å². The Hall–Kier alpha value is -0.100. The molecule has 0 N–H and O–H groups in total. The number of hydrogen-bond acceptors (Lipinski definition) is 1. The molecule has 0 aliphatic carbocycles. The van der Waals surface area contributed by atoms with Crippen LogP contribution in [0.1, 0.15) is 11.3 Å². The molecule has 0 unspecified atom stereocenters. The maximum atomic E-state index is 12.2. The summed E-state index contributed by atoms with van der Waals surface area (Å²) in [5.74, 6) is 0. The summed E-state index contributed by atoms with van der Waals surface area (Å²) in [6.07, 6.45) is -3.22. The van der Waals surface area contributed by atoms with Gasteiger partial charge in [0.15, 0.2) is 0 Å². The van der Waals surface area contributed by atoms with Crippen molar-refractivity contribution >= 4 is 32.9 Å². The Labute approximate surface area is 92.3 Å². The van der Waals surface area contributed by atoms with Gasteiger partial charge in [0, 0.05) is 11.5 Å². The Kier molecular flexibility index (Phi) is 4.91. The first kappa shape index (κ1) is 12.9. The third kappa shape index (κ3) is 3.27. The van der Waals surface area contributed by atoms with E-state index in [1.54, 1.807) is 0 Å². The summed E-state index contributed by atoms with van der Waals surface area (Å²) in [4.78, 5) is 3.27. The Morgan fingerprint density at radius 1 is 1.38 bits per heavy atom. The summed E-state index contributed by atoms with van der Waals surface area (Å²) < 4.78 is 36.5. The first-order valence-corrected chi connectivity index (χ1v) is 4.25. The highest BCUT2D eigenvalue weighted by Crippen LogP contribution is 2.30. The molecule has 1 rings (SSSR count). The van der Waals surface area contributed by atoms with Crippen molar-refractivity contribution in [3.8, 4) is 0 Å². The van der Waals surface area contributed by atoms with E-state index in [9.17, 15) is 13.2 Å². The lowest BCUT2D eigenvalue weighted by Crippen LogP contribution is -2.10. The van der Waals surface area contributed by atoms with Gasteiger partial charge in [-0.1, -0.05) is 22.0 Å². The molecule has 1 aromatic heterocycles. The van der Waals surface area contributed by atoms with Crippen LogP contribution >= 0.6 is 32.9 Å². The largest absolute Gasteiger partial charge is 0.433 e. The number of halogens is 5.